The molecule has 1 saturated carbocycles. The highest BCUT2D eigenvalue weighted by Crippen LogP contribution is 2.68. The first-order valence-corrected chi connectivity index (χ1v) is 17.2. The molecule has 0 heterocycles. The van der Waals surface area contributed by atoms with Crippen molar-refractivity contribution in [3.05, 3.63) is 34.9 Å². The Balaban J connectivity index is 2.63. The minimum absolute atomic E-state index is 0.0627. The Morgan fingerprint density at radius 1 is 1.09 bits per heavy atom. The molecule has 0 aromatic carbocycles. The molecule has 0 aliphatic heterocycles. The number of nitrogens with one attached hydrogen (secondary N) is 1. The van der Waals surface area contributed by atoms with Gasteiger partial charge in [0.2, 0.25) is 5.91 Å². The van der Waals surface area contributed by atoms with Crippen LogP contribution in [0.3, 0.4) is 0 Å². The molecule has 0 bridgehead atoms. The lowest BCUT2D eigenvalue weighted by atomic mass is 9.41. The SMILES string of the molecule is CC=C(C)/C=C1/[C@@]2(C)C=C(C#N)C(=O)C(C)(C)[C@@H]2CC[C@@]1(C)[C@@](C)(CC)CC[C@](C)(CCC(C)(C)CC)CC(=O)NCC(F)F. The van der Waals surface area contributed by atoms with Gasteiger partial charge in [0, 0.05) is 17.3 Å². The predicted molar refractivity (Wildman–Crippen MR) is 182 cm³/mol. The smallest absolute Gasteiger partial charge is 0.255 e. The fourth-order valence-corrected chi connectivity index (χ4v) is 8.33. The van der Waals surface area contributed by atoms with Gasteiger partial charge in [0.15, 0.2) is 5.78 Å². The van der Waals surface area contributed by atoms with Crippen molar-refractivity contribution in [1.29, 1.82) is 5.26 Å². The summed E-state index contributed by atoms with van der Waals surface area (Å²) in [7, 11) is 0. The van der Waals surface area contributed by atoms with Gasteiger partial charge in [-0.3, -0.25) is 9.59 Å². The summed E-state index contributed by atoms with van der Waals surface area (Å²) in [6.07, 6.45) is 11.3. The number of Topliss-reactive ketones (excluding diaryl/α,β-unsaturated/α-hetero) is 1. The van der Waals surface area contributed by atoms with Crippen molar-refractivity contribution in [1.82, 2.24) is 5.32 Å². The largest absolute Gasteiger partial charge is 0.350 e. The van der Waals surface area contributed by atoms with E-state index < -0.39 is 23.8 Å². The Morgan fingerprint density at radius 2 is 1.69 bits per heavy atom. The van der Waals surface area contributed by atoms with Gasteiger partial charge in [0.05, 0.1) is 12.1 Å². The summed E-state index contributed by atoms with van der Waals surface area (Å²) >= 11 is 0. The second-order valence-electron chi connectivity index (χ2n) is 16.6. The Bertz CT molecular complexity index is 1240. The van der Waals surface area contributed by atoms with Gasteiger partial charge in [-0.25, -0.2) is 8.78 Å². The average Bonchev–Trinajstić information content (AvgIpc) is 2.97. The topological polar surface area (TPSA) is 70.0 Å². The molecular formula is C39H62F2N2O2. The van der Waals surface area contributed by atoms with Gasteiger partial charge in [0.25, 0.3) is 6.43 Å². The van der Waals surface area contributed by atoms with Crippen molar-refractivity contribution < 1.29 is 18.4 Å². The number of nitrogens with zero attached hydrogens (tertiary/aromatic N) is 1. The van der Waals surface area contributed by atoms with E-state index in [1.54, 1.807) is 0 Å². The molecule has 45 heavy (non-hydrogen) atoms. The van der Waals surface area contributed by atoms with Crippen LogP contribution >= 0.6 is 0 Å². The molecule has 2 rings (SSSR count). The minimum Gasteiger partial charge on any atom is -0.350 e. The van der Waals surface area contributed by atoms with Crippen LogP contribution in [-0.4, -0.2) is 24.7 Å². The molecule has 0 aromatic rings. The molecule has 5 atom stereocenters. The lowest BCUT2D eigenvalue weighted by Gasteiger charge is -2.62. The molecule has 0 radical (unpaired) electrons. The Hall–Kier alpha value is -2.29. The normalized spacial score (nSPS) is 29.0. The summed E-state index contributed by atoms with van der Waals surface area (Å²) < 4.78 is 25.9. The number of ketones is 1. The number of alkyl halides is 2. The van der Waals surface area contributed by atoms with Crippen LogP contribution in [0.2, 0.25) is 0 Å². The molecular weight excluding hydrogens is 566 g/mol. The van der Waals surface area contributed by atoms with E-state index in [2.05, 4.69) is 85.9 Å². The third-order valence-corrected chi connectivity index (χ3v) is 12.7. The Kier molecular flexibility index (Phi) is 12.3. The second-order valence-corrected chi connectivity index (χ2v) is 16.6. The van der Waals surface area contributed by atoms with Crippen molar-refractivity contribution in [2.75, 3.05) is 6.54 Å². The number of hydrogen-bond donors (Lipinski definition) is 1. The van der Waals surface area contributed by atoms with Gasteiger partial charge in [-0.2, -0.15) is 5.26 Å². The molecule has 4 nitrogen and oxygen atoms in total. The van der Waals surface area contributed by atoms with Gasteiger partial charge in [0.1, 0.15) is 6.07 Å². The Labute approximate surface area is 273 Å². The average molecular weight is 629 g/mol. The molecule has 2 aliphatic rings. The molecule has 1 amide bonds. The van der Waals surface area contributed by atoms with Gasteiger partial charge in [-0.05, 0) is 86.4 Å². The predicted octanol–water partition coefficient (Wildman–Crippen LogP) is 10.6. The first kappa shape index (κ1) is 38.9. The van der Waals surface area contributed by atoms with Gasteiger partial charge in [-0.1, -0.05) is 105 Å². The summed E-state index contributed by atoms with van der Waals surface area (Å²) in [5.74, 6) is -0.302. The van der Waals surface area contributed by atoms with E-state index in [0.29, 0.717) is 0 Å². The van der Waals surface area contributed by atoms with Crippen LogP contribution in [-0.2, 0) is 9.59 Å². The van der Waals surface area contributed by atoms with E-state index in [-0.39, 0.29) is 51.3 Å². The van der Waals surface area contributed by atoms with Gasteiger partial charge >= 0.3 is 0 Å². The third-order valence-electron chi connectivity index (χ3n) is 12.7. The maximum absolute atomic E-state index is 13.4. The van der Waals surface area contributed by atoms with E-state index in [0.717, 1.165) is 56.9 Å². The highest BCUT2D eigenvalue weighted by atomic mass is 19.3. The van der Waals surface area contributed by atoms with Crippen molar-refractivity contribution >= 4 is 11.7 Å². The van der Waals surface area contributed by atoms with Gasteiger partial charge < -0.3 is 5.32 Å². The highest BCUT2D eigenvalue weighted by Gasteiger charge is 2.61. The van der Waals surface area contributed by atoms with E-state index in [9.17, 15) is 23.6 Å². The molecule has 1 fully saturated rings. The first-order valence-electron chi connectivity index (χ1n) is 17.2. The standard InChI is InChI=1S/C39H62F2N2O2/c1-13-27(4)22-30-38(11)23-28(25-42)33(45)35(7,8)29(38)16-17-39(30,12)37(10,15-3)21-20-36(9,19-18-34(5,6)14-2)24-32(44)43-26-31(40)41/h13,22-23,29,31H,14-21,24,26H2,1-12H3,(H,43,44)/b27-13?,30-22-/t29-,36-,37-,38-,39+/m0/s1. The number of hydrogen-bond acceptors (Lipinski definition) is 3. The van der Waals surface area contributed by atoms with Crippen LogP contribution in [0, 0.1) is 49.7 Å². The summed E-state index contributed by atoms with van der Waals surface area (Å²) in [6.45, 7) is 25.6. The van der Waals surface area contributed by atoms with Crippen LogP contribution in [0.4, 0.5) is 8.78 Å². The summed E-state index contributed by atoms with van der Waals surface area (Å²) in [5, 5.41) is 12.5. The maximum Gasteiger partial charge on any atom is 0.255 e. The quantitative estimate of drug-likeness (QED) is 0.208. The summed E-state index contributed by atoms with van der Waals surface area (Å²) in [6, 6.07) is 2.23. The van der Waals surface area contributed by atoms with Crippen molar-refractivity contribution in [2.24, 2.45) is 38.4 Å². The van der Waals surface area contributed by atoms with E-state index in [1.807, 2.05) is 26.8 Å². The summed E-state index contributed by atoms with van der Waals surface area (Å²) in [5.41, 5.74) is 0.944. The zero-order valence-electron chi connectivity index (χ0n) is 30.5. The van der Waals surface area contributed by atoms with Crippen LogP contribution in [0.5, 0.6) is 0 Å². The van der Waals surface area contributed by atoms with E-state index in [4.69, 9.17) is 0 Å². The second kappa shape index (κ2) is 14.2. The summed E-state index contributed by atoms with van der Waals surface area (Å²) in [4.78, 5) is 26.4. The minimum atomic E-state index is -2.57. The molecule has 1 N–H and O–H groups in total. The van der Waals surface area contributed by atoms with Crippen molar-refractivity contribution in [2.45, 2.75) is 147 Å². The Morgan fingerprint density at radius 3 is 2.20 bits per heavy atom. The monoisotopic (exact) mass is 628 g/mol. The number of carbonyl (C=O) groups is 2. The number of allylic oxidation sites excluding steroid dienone is 6. The number of carbonyl (C=O) groups excluding carboxylic acids is 2. The molecule has 2 aliphatic carbocycles. The molecule has 0 aromatic heterocycles. The van der Waals surface area contributed by atoms with Crippen LogP contribution in [0.25, 0.3) is 0 Å². The molecule has 0 saturated heterocycles. The van der Waals surface area contributed by atoms with Crippen LogP contribution in [0.15, 0.2) is 34.9 Å². The number of rotatable bonds is 14. The number of fused-ring (bicyclic) bond motifs is 1. The zero-order valence-corrected chi connectivity index (χ0v) is 30.5. The third kappa shape index (κ3) is 8.17. The van der Waals surface area contributed by atoms with E-state index in [1.165, 1.54) is 5.57 Å². The fourth-order valence-electron chi connectivity index (χ4n) is 8.33. The molecule has 254 valence electrons. The number of amides is 1. The van der Waals surface area contributed by atoms with Crippen LogP contribution in [0.1, 0.15) is 141 Å². The van der Waals surface area contributed by atoms with Crippen molar-refractivity contribution in [3.8, 4) is 6.07 Å². The van der Waals surface area contributed by atoms with Gasteiger partial charge in [-0.15, -0.1) is 0 Å². The first-order chi connectivity index (χ1) is 20.6. The lowest BCUT2D eigenvalue weighted by Crippen LogP contribution is -2.56. The zero-order chi connectivity index (χ0) is 34.6. The fraction of sp³-hybridized carbons (Fsp3) is 0.769. The number of nitriles is 1. The van der Waals surface area contributed by atoms with Crippen molar-refractivity contribution in [3.63, 3.8) is 0 Å². The maximum atomic E-state index is 13.4. The van der Waals surface area contributed by atoms with Crippen LogP contribution < -0.4 is 5.32 Å². The molecule has 6 heteroatoms. The number of halogens is 2. The molecule has 0 unspecified atom stereocenters. The highest BCUT2D eigenvalue weighted by molar-refractivity contribution is 6.04. The van der Waals surface area contributed by atoms with E-state index >= 15 is 0 Å². The lowest BCUT2D eigenvalue weighted by molar-refractivity contribution is -0.132. The molecule has 0 spiro atoms.